The maximum absolute atomic E-state index is 12.7. The van der Waals surface area contributed by atoms with Gasteiger partial charge < -0.3 is 10.8 Å². The van der Waals surface area contributed by atoms with Gasteiger partial charge in [0.15, 0.2) is 0 Å². The van der Waals surface area contributed by atoms with Gasteiger partial charge in [0.05, 0.1) is 10.5 Å². The molecule has 112 valence electrons. The van der Waals surface area contributed by atoms with Crippen LogP contribution in [0.15, 0.2) is 17.0 Å². The molecule has 1 saturated heterocycles. The van der Waals surface area contributed by atoms with Crippen molar-refractivity contribution in [1.82, 2.24) is 4.31 Å². The lowest BCUT2D eigenvalue weighted by Crippen LogP contribution is -2.45. The summed E-state index contributed by atoms with van der Waals surface area (Å²) in [5.74, 6) is 0. The number of anilines is 1. The lowest BCUT2D eigenvalue weighted by atomic mass is 9.95. The van der Waals surface area contributed by atoms with Gasteiger partial charge in [-0.1, -0.05) is 0 Å². The summed E-state index contributed by atoms with van der Waals surface area (Å²) in [6.45, 7) is 5.97. The number of nitrogen functional groups attached to an aromatic ring is 1. The van der Waals surface area contributed by atoms with Crippen molar-refractivity contribution in [2.75, 3.05) is 18.8 Å². The molecule has 5 nitrogen and oxygen atoms in total. The highest BCUT2D eigenvalue weighted by atomic mass is 32.2. The van der Waals surface area contributed by atoms with Crippen LogP contribution in [0.25, 0.3) is 0 Å². The topological polar surface area (TPSA) is 83.6 Å². The standard InChI is InChI=1S/C14H22N2O3S/c1-10-8-12(15)11(2)13(9-10)20(18,19)16-6-4-14(3,17)5-7-16/h8-9,17H,4-7,15H2,1-3H3. The molecule has 0 spiro atoms. The van der Waals surface area contributed by atoms with E-state index in [9.17, 15) is 13.5 Å². The maximum atomic E-state index is 12.7. The fourth-order valence-electron chi connectivity index (χ4n) is 2.47. The first-order chi connectivity index (χ1) is 9.13. The van der Waals surface area contributed by atoms with E-state index in [1.807, 2.05) is 6.92 Å². The van der Waals surface area contributed by atoms with Crippen LogP contribution in [-0.4, -0.2) is 36.5 Å². The number of hydrogen-bond donors (Lipinski definition) is 2. The predicted molar refractivity (Wildman–Crippen MR) is 78.9 cm³/mol. The Morgan fingerprint density at radius 2 is 1.80 bits per heavy atom. The van der Waals surface area contributed by atoms with Gasteiger partial charge in [0, 0.05) is 18.8 Å². The zero-order valence-electron chi connectivity index (χ0n) is 12.2. The summed E-state index contributed by atoms with van der Waals surface area (Å²) < 4.78 is 26.9. The molecule has 0 unspecified atom stereocenters. The maximum Gasteiger partial charge on any atom is 0.243 e. The van der Waals surface area contributed by atoms with Gasteiger partial charge in [-0.15, -0.1) is 0 Å². The van der Waals surface area contributed by atoms with Crippen LogP contribution >= 0.6 is 0 Å². The number of nitrogens with zero attached hydrogens (tertiary/aromatic N) is 1. The molecule has 20 heavy (non-hydrogen) atoms. The predicted octanol–water partition coefficient (Wildman–Crippen LogP) is 1.42. The molecule has 0 bridgehead atoms. The second-order valence-electron chi connectivity index (χ2n) is 5.88. The SMILES string of the molecule is Cc1cc(N)c(C)c(S(=O)(=O)N2CCC(C)(O)CC2)c1. The number of aliphatic hydroxyl groups is 1. The van der Waals surface area contributed by atoms with Crippen molar-refractivity contribution in [1.29, 1.82) is 0 Å². The molecule has 0 radical (unpaired) electrons. The Kier molecular flexibility index (Phi) is 3.83. The molecule has 1 heterocycles. The molecule has 0 aromatic heterocycles. The third-order valence-corrected chi connectivity index (χ3v) is 5.99. The van der Waals surface area contributed by atoms with Crippen LogP contribution < -0.4 is 5.73 Å². The van der Waals surface area contributed by atoms with Gasteiger partial charge >= 0.3 is 0 Å². The number of hydrogen-bond acceptors (Lipinski definition) is 4. The van der Waals surface area contributed by atoms with Crippen molar-refractivity contribution >= 4 is 15.7 Å². The molecule has 0 saturated carbocycles. The van der Waals surface area contributed by atoms with Gasteiger partial charge in [-0.2, -0.15) is 4.31 Å². The molecule has 1 aromatic rings. The van der Waals surface area contributed by atoms with Crippen LogP contribution in [0.2, 0.25) is 0 Å². The Morgan fingerprint density at radius 3 is 2.35 bits per heavy atom. The van der Waals surface area contributed by atoms with Crippen LogP contribution in [0.5, 0.6) is 0 Å². The fourth-order valence-corrected chi connectivity index (χ4v) is 4.25. The molecular formula is C14H22N2O3S. The molecule has 3 N–H and O–H groups in total. The molecule has 1 aromatic carbocycles. The minimum absolute atomic E-state index is 0.275. The van der Waals surface area contributed by atoms with Crippen LogP contribution in [0.3, 0.4) is 0 Å². The van der Waals surface area contributed by atoms with Crippen molar-refractivity contribution in [3.05, 3.63) is 23.3 Å². The number of sulfonamides is 1. The normalized spacial score (nSPS) is 20.0. The largest absolute Gasteiger partial charge is 0.398 e. The van der Waals surface area contributed by atoms with E-state index in [2.05, 4.69) is 0 Å². The summed E-state index contributed by atoms with van der Waals surface area (Å²) in [4.78, 5) is 0.275. The number of rotatable bonds is 2. The second-order valence-corrected chi connectivity index (χ2v) is 7.78. The molecule has 6 heteroatoms. The van der Waals surface area contributed by atoms with E-state index in [1.54, 1.807) is 26.0 Å². The molecule has 1 fully saturated rings. The van der Waals surface area contributed by atoms with E-state index in [0.29, 0.717) is 37.2 Å². The summed E-state index contributed by atoms with van der Waals surface area (Å²) in [5, 5.41) is 9.93. The van der Waals surface area contributed by atoms with Gasteiger partial charge in [0.1, 0.15) is 0 Å². The summed E-state index contributed by atoms with van der Waals surface area (Å²) in [6.07, 6.45) is 0.902. The van der Waals surface area contributed by atoms with Crippen molar-refractivity contribution in [2.24, 2.45) is 0 Å². The number of nitrogens with two attached hydrogens (primary N) is 1. The molecular weight excluding hydrogens is 276 g/mol. The minimum atomic E-state index is -3.55. The zero-order chi connectivity index (χ0) is 15.1. The van der Waals surface area contributed by atoms with Gasteiger partial charge in [0.2, 0.25) is 10.0 Å². The van der Waals surface area contributed by atoms with Crippen molar-refractivity contribution < 1.29 is 13.5 Å². The Hall–Kier alpha value is -1.11. The molecule has 1 aliphatic heterocycles. The lowest BCUT2D eigenvalue weighted by molar-refractivity contribution is 0.0126. The lowest BCUT2D eigenvalue weighted by Gasteiger charge is -2.35. The molecule has 2 rings (SSSR count). The second kappa shape index (κ2) is 5.02. The van der Waals surface area contributed by atoms with Gasteiger partial charge in [0.25, 0.3) is 0 Å². The highest BCUT2D eigenvalue weighted by Crippen LogP contribution is 2.30. The number of aryl methyl sites for hydroxylation is 1. The van der Waals surface area contributed by atoms with Gasteiger partial charge in [-0.3, -0.25) is 0 Å². The average molecular weight is 298 g/mol. The minimum Gasteiger partial charge on any atom is -0.398 e. The van der Waals surface area contributed by atoms with Crippen LogP contribution in [0, 0.1) is 13.8 Å². The van der Waals surface area contributed by atoms with Crippen LogP contribution in [0.1, 0.15) is 30.9 Å². The number of piperidine rings is 1. The summed E-state index contributed by atoms with van der Waals surface area (Å²) in [7, 11) is -3.55. The first-order valence-corrected chi connectivity index (χ1v) is 8.17. The fraction of sp³-hybridized carbons (Fsp3) is 0.571. The summed E-state index contributed by atoms with van der Waals surface area (Å²) in [6, 6.07) is 3.43. The van der Waals surface area contributed by atoms with E-state index in [4.69, 9.17) is 5.73 Å². The molecule has 0 amide bonds. The van der Waals surface area contributed by atoms with E-state index in [1.165, 1.54) is 4.31 Å². The summed E-state index contributed by atoms with van der Waals surface area (Å²) >= 11 is 0. The Labute approximate surface area is 120 Å². The third-order valence-electron chi connectivity index (χ3n) is 3.96. The van der Waals surface area contributed by atoms with Crippen molar-refractivity contribution in [3.8, 4) is 0 Å². The average Bonchev–Trinajstić information content (AvgIpc) is 2.33. The first-order valence-electron chi connectivity index (χ1n) is 6.73. The van der Waals surface area contributed by atoms with E-state index in [0.717, 1.165) is 5.56 Å². The quantitative estimate of drug-likeness (QED) is 0.809. The van der Waals surface area contributed by atoms with E-state index < -0.39 is 15.6 Å². The molecule has 1 aliphatic rings. The van der Waals surface area contributed by atoms with Crippen LogP contribution in [0.4, 0.5) is 5.69 Å². The summed E-state index contributed by atoms with van der Waals surface area (Å²) in [5.41, 5.74) is 7.01. The van der Waals surface area contributed by atoms with Crippen LogP contribution in [-0.2, 0) is 10.0 Å². The Morgan fingerprint density at radius 1 is 1.25 bits per heavy atom. The first kappa shape index (κ1) is 15.3. The zero-order valence-corrected chi connectivity index (χ0v) is 13.0. The Bertz CT molecular complexity index is 614. The third kappa shape index (κ3) is 2.82. The van der Waals surface area contributed by atoms with E-state index in [-0.39, 0.29) is 4.90 Å². The number of benzene rings is 1. The monoisotopic (exact) mass is 298 g/mol. The van der Waals surface area contributed by atoms with Gasteiger partial charge in [-0.05, 0) is 56.9 Å². The Balaban J connectivity index is 2.37. The highest BCUT2D eigenvalue weighted by molar-refractivity contribution is 7.89. The van der Waals surface area contributed by atoms with Crippen molar-refractivity contribution in [3.63, 3.8) is 0 Å². The van der Waals surface area contributed by atoms with Crippen molar-refractivity contribution in [2.45, 2.75) is 44.1 Å². The molecule has 0 atom stereocenters. The smallest absolute Gasteiger partial charge is 0.243 e. The molecule has 0 aliphatic carbocycles. The van der Waals surface area contributed by atoms with E-state index >= 15 is 0 Å². The van der Waals surface area contributed by atoms with Gasteiger partial charge in [-0.25, -0.2) is 8.42 Å². The highest BCUT2D eigenvalue weighted by Gasteiger charge is 2.34.